The van der Waals surface area contributed by atoms with Crippen LogP contribution in [0, 0.1) is 5.92 Å². The van der Waals surface area contributed by atoms with Gasteiger partial charge >= 0.3 is 6.09 Å². The van der Waals surface area contributed by atoms with Crippen molar-refractivity contribution in [3.05, 3.63) is 106 Å². The number of aromatic amines is 1. The Morgan fingerprint density at radius 1 is 1.02 bits per heavy atom. The first-order valence-electron chi connectivity index (χ1n) is 14.9. The third-order valence-corrected chi connectivity index (χ3v) is 7.48. The van der Waals surface area contributed by atoms with Crippen LogP contribution in [0.3, 0.4) is 0 Å². The smallest absolute Gasteiger partial charge is 0.411 e. The largest absolute Gasteiger partial charge is 0.478 e. The molecule has 0 saturated heterocycles. The van der Waals surface area contributed by atoms with Gasteiger partial charge in [-0.15, -0.1) is 10.2 Å². The van der Waals surface area contributed by atoms with E-state index in [-0.39, 0.29) is 17.6 Å². The fourth-order valence-corrected chi connectivity index (χ4v) is 4.66. The molecule has 2 heterocycles. The number of nitrogens with one attached hydrogen (secondary N) is 2. The van der Waals surface area contributed by atoms with Crippen molar-refractivity contribution >= 4 is 22.7 Å². The Morgan fingerprint density at radius 2 is 1.80 bits per heavy atom. The Morgan fingerprint density at radius 3 is 2.48 bits per heavy atom. The minimum atomic E-state index is -0.561. The standard InChI is InChI=1S/C33H37N7O4/c1-5-6-12-29-35-28-18-15-25(34-33(42)43-22(4)21(2)3)19-27(28)32(41)40(29)20-23-13-16-26(17-14-23)44-30(31-36-38-39-37-31)24-10-8-7-9-11-24/h7-11,13-19,21-22,30H,5-6,12,20H2,1-4H3,(H,34,42)(H,36,37,38,39). The molecule has 11 nitrogen and oxygen atoms in total. The van der Waals surface area contributed by atoms with E-state index in [0.29, 0.717) is 41.1 Å². The van der Waals surface area contributed by atoms with Crippen LogP contribution in [-0.2, 0) is 17.7 Å². The van der Waals surface area contributed by atoms with Crippen molar-refractivity contribution in [1.82, 2.24) is 30.2 Å². The van der Waals surface area contributed by atoms with Gasteiger partial charge in [0.25, 0.3) is 5.56 Å². The molecule has 0 fully saturated rings. The zero-order chi connectivity index (χ0) is 31.1. The minimum absolute atomic E-state index is 0.171. The summed E-state index contributed by atoms with van der Waals surface area (Å²) in [7, 11) is 0. The van der Waals surface area contributed by atoms with Gasteiger partial charge in [-0.1, -0.05) is 74.9 Å². The van der Waals surface area contributed by atoms with Crippen molar-refractivity contribution in [1.29, 1.82) is 0 Å². The molecule has 0 bridgehead atoms. The predicted octanol–water partition coefficient (Wildman–Crippen LogP) is 6.06. The highest BCUT2D eigenvalue weighted by molar-refractivity contribution is 5.89. The van der Waals surface area contributed by atoms with Crippen molar-refractivity contribution in [3.63, 3.8) is 0 Å². The number of aryl methyl sites for hydroxylation is 1. The zero-order valence-corrected chi connectivity index (χ0v) is 25.4. The number of benzene rings is 3. The van der Waals surface area contributed by atoms with Crippen molar-refractivity contribution < 1.29 is 14.3 Å². The number of hydrogen-bond donors (Lipinski definition) is 2. The number of ether oxygens (including phenoxy) is 2. The summed E-state index contributed by atoms with van der Waals surface area (Å²) in [6.07, 6.45) is 1.21. The van der Waals surface area contributed by atoms with E-state index in [4.69, 9.17) is 14.5 Å². The van der Waals surface area contributed by atoms with Crippen LogP contribution in [0.4, 0.5) is 10.5 Å². The second-order valence-corrected chi connectivity index (χ2v) is 11.1. The van der Waals surface area contributed by atoms with E-state index in [1.807, 2.05) is 75.4 Å². The molecule has 0 aliphatic carbocycles. The summed E-state index contributed by atoms with van der Waals surface area (Å²) >= 11 is 0. The zero-order valence-electron chi connectivity index (χ0n) is 25.4. The molecule has 2 unspecified atom stereocenters. The molecule has 2 aromatic heterocycles. The highest BCUT2D eigenvalue weighted by Gasteiger charge is 2.21. The Hall–Kier alpha value is -5.06. The molecule has 5 rings (SSSR count). The molecule has 0 spiro atoms. The molecule has 0 radical (unpaired) electrons. The van der Waals surface area contributed by atoms with E-state index in [2.05, 4.69) is 32.9 Å². The lowest BCUT2D eigenvalue weighted by atomic mass is 10.1. The van der Waals surface area contributed by atoms with E-state index in [1.54, 1.807) is 22.8 Å². The van der Waals surface area contributed by atoms with Crippen molar-refractivity contribution in [3.8, 4) is 5.75 Å². The highest BCUT2D eigenvalue weighted by atomic mass is 16.6. The number of carbonyl (C=O) groups excluding carboxylic acids is 1. The third kappa shape index (κ3) is 7.28. The number of anilines is 1. The SMILES string of the molecule is CCCCc1nc2ccc(NC(=O)OC(C)C(C)C)cc2c(=O)n1Cc1ccc(OC(c2ccccc2)c2nn[nH]n2)cc1. The average Bonchev–Trinajstić information content (AvgIpc) is 3.56. The van der Waals surface area contributed by atoms with E-state index in [1.165, 1.54) is 0 Å². The Kier molecular flexibility index (Phi) is 9.63. The maximum Gasteiger partial charge on any atom is 0.411 e. The van der Waals surface area contributed by atoms with Gasteiger partial charge in [-0.05, 0) is 55.2 Å². The van der Waals surface area contributed by atoms with Crippen molar-refractivity contribution in [2.45, 2.75) is 65.7 Å². The number of unbranched alkanes of at least 4 members (excludes halogenated alkanes) is 1. The number of aromatic nitrogens is 6. The van der Waals surface area contributed by atoms with E-state index in [9.17, 15) is 9.59 Å². The van der Waals surface area contributed by atoms with Gasteiger partial charge in [0.15, 0.2) is 6.10 Å². The van der Waals surface area contributed by atoms with Gasteiger partial charge in [0.1, 0.15) is 17.7 Å². The Labute approximate surface area is 255 Å². The van der Waals surface area contributed by atoms with Crippen LogP contribution >= 0.6 is 0 Å². The number of carbonyl (C=O) groups is 1. The summed E-state index contributed by atoms with van der Waals surface area (Å²) in [6.45, 7) is 8.25. The second-order valence-electron chi connectivity index (χ2n) is 11.1. The number of fused-ring (bicyclic) bond motifs is 1. The molecular weight excluding hydrogens is 558 g/mol. The van der Waals surface area contributed by atoms with Crippen molar-refractivity contribution in [2.75, 3.05) is 5.32 Å². The lowest BCUT2D eigenvalue weighted by molar-refractivity contribution is 0.0940. The predicted molar refractivity (Wildman–Crippen MR) is 168 cm³/mol. The summed E-state index contributed by atoms with van der Waals surface area (Å²) in [5.41, 5.74) is 2.69. The van der Waals surface area contributed by atoms with Crippen LogP contribution in [-0.4, -0.2) is 42.4 Å². The molecule has 3 aromatic carbocycles. The number of hydrogen-bond acceptors (Lipinski definition) is 8. The van der Waals surface area contributed by atoms with Gasteiger partial charge in [0.05, 0.1) is 17.4 Å². The number of rotatable bonds is 12. The molecule has 2 N–H and O–H groups in total. The summed E-state index contributed by atoms with van der Waals surface area (Å²) < 4.78 is 13.4. The number of H-pyrrole nitrogens is 1. The molecule has 44 heavy (non-hydrogen) atoms. The fourth-order valence-electron chi connectivity index (χ4n) is 4.66. The maximum absolute atomic E-state index is 13.9. The monoisotopic (exact) mass is 595 g/mol. The van der Waals surface area contributed by atoms with Crippen LogP contribution in [0.2, 0.25) is 0 Å². The van der Waals surface area contributed by atoms with Gasteiger partial charge in [0.2, 0.25) is 5.82 Å². The van der Waals surface area contributed by atoms with Crippen LogP contribution < -0.4 is 15.6 Å². The van der Waals surface area contributed by atoms with Gasteiger partial charge in [-0.2, -0.15) is 5.21 Å². The first-order valence-corrected chi connectivity index (χ1v) is 14.9. The summed E-state index contributed by atoms with van der Waals surface area (Å²) in [5, 5.41) is 17.6. The molecular formula is C33H37N7O4. The summed E-state index contributed by atoms with van der Waals surface area (Å²) in [5.74, 6) is 1.95. The van der Waals surface area contributed by atoms with Gasteiger partial charge in [-0.3, -0.25) is 14.7 Å². The van der Waals surface area contributed by atoms with E-state index >= 15 is 0 Å². The molecule has 0 aliphatic heterocycles. The van der Waals surface area contributed by atoms with Crippen LogP contribution in [0.1, 0.15) is 69.4 Å². The van der Waals surface area contributed by atoms with Gasteiger partial charge < -0.3 is 9.47 Å². The number of nitrogens with zero attached hydrogens (tertiary/aromatic N) is 5. The lowest BCUT2D eigenvalue weighted by Gasteiger charge is -2.18. The summed E-state index contributed by atoms with van der Waals surface area (Å²) in [6, 6.07) is 22.4. The lowest BCUT2D eigenvalue weighted by Crippen LogP contribution is -2.26. The van der Waals surface area contributed by atoms with Crippen LogP contribution in [0.5, 0.6) is 5.75 Å². The minimum Gasteiger partial charge on any atom is -0.478 e. The number of tetrazole rings is 1. The molecule has 0 aliphatic rings. The molecule has 2 atom stereocenters. The van der Waals surface area contributed by atoms with Crippen molar-refractivity contribution in [2.24, 2.45) is 5.92 Å². The first-order chi connectivity index (χ1) is 21.3. The quantitative estimate of drug-likeness (QED) is 0.178. The molecule has 1 amide bonds. The van der Waals surface area contributed by atoms with E-state index in [0.717, 1.165) is 29.8 Å². The highest BCUT2D eigenvalue weighted by Crippen LogP contribution is 2.26. The second kappa shape index (κ2) is 13.9. The molecule has 5 aromatic rings. The molecule has 0 saturated carbocycles. The first kappa shape index (κ1) is 30.4. The van der Waals surface area contributed by atoms with Crippen LogP contribution in [0.15, 0.2) is 77.6 Å². The normalized spacial score (nSPS) is 12.7. The molecule has 11 heteroatoms. The topological polar surface area (TPSA) is 137 Å². The number of amides is 1. The summed E-state index contributed by atoms with van der Waals surface area (Å²) in [4.78, 5) is 31.1. The fraction of sp³-hybridized carbons (Fsp3) is 0.333. The average molecular weight is 596 g/mol. The molecule has 228 valence electrons. The van der Waals surface area contributed by atoms with Gasteiger partial charge in [-0.25, -0.2) is 9.78 Å². The third-order valence-electron chi connectivity index (χ3n) is 7.48. The van der Waals surface area contributed by atoms with E-state index < -0.39 is 12.2 Å². The van der Waals surface area contributed by atoms with Gasteiger partial charge in [0, 0.05) is 17.7 Å². The van der Waals surface area contributed by atoms with Crippen LogP contribution in [0.25, 0.3) is 10.9 Å². The Bertz CT molecular complexity index is 1740. The maximum atomic E-state index is 13.9. The Balaban J connectivity index is 1.40.